The Morgan fingerprint density at radius 2 is 1.00 bits per heavy atom. The normalized spacial score (nSPS) is 25.4. The van der Waals surface area contributed by atoms with E-state index < -0.39 is 35.5 Å². The summed E-state index contributed by atoms with van der Waals surface area (Å²) in [7, 11) is 0. The van der Waals surface area contributed by atoms with Crippen LogP contribution < -0.4 is 0 Å². The van der Waals surface area contributed by atoms with Crippen molar-refractivity contribution < 1.29 is 22.3 Å². The second kappa shape index (κ2) is 14.7. The van der Waals surface area contributed by atoms with Crippen LogP contribution in [0.15, 0.2) is 36.4 Å². The molecule has 2 aliphatic carbocycles. The van der Waals surface area contributed by atoms with E-state index in [1.54, 1.807) is 0 Å². The van der Waals surface area contributed by atoms with E-state index in [1.165, 1.54) is 62.8 Å². The molecule has 0 bridgehead atoms. The molecule has 2 saturated carbocycles. The number of benzene rings is 2. The topological polar surface area (TPSA) is 9.23 Å². The van der Waals surface area contributed by atoms with Crippen molar-refractivity contribution in [3.05, 3.63) is 70.8 Å². The summed E-state index contributed by atoms with van der Waals surface area (Å²) in [5.41, 5.74) is 0.690. The smallest absolute Gasteiger partial charge is 0.131 e. The average Bonchev–Trinajstić information content (AvgIpc) is 2.93. The highest BCUT2D eigenvalue weighted by molar-refractivity contribution is 5.25. The highest BCUT2D eigenvalue weighted by atomic mass is 19.1. The minimum atomic E-state index is -0.621. The van der Waals surface area contributed by atoms with Crippen LogP contribution in [0, 0.1) is 46.9 Å². The fourth-order valence-electron chi connectivity index (χ4n) is 7.04. The minimum absolute atomic E-state index is 0.0646. The van der Waals surface area contributed by atoms with Crippen LogP contribution in [0.1, 0.15) is 127 Å². The Hall–Kier alpha value is -1.88. The molecule has 1 nitrogen and oxygen atoms in total. The second-order valence-corrected chi connectivity index (χ2v) is 12.2. The largest absolute Gasteiger partial charge is 0.365 e. The molecule has 0 aliphatic heterocycles. The Morgan fingerprint density at radius 3 is 1.33 bits per heavy atom. The van der Waals surface area contributed by atoms with Crippen molar-refractivity contribution >= 4 is 0 Å². The Labute approximate surface area is 232 Å². The Morgan fingerprint density at radius 1 is 0.615 bits per heavy atom. The number of hydrogen-bond acceptors (Lipinski definition) is 1. The number of ether oxygens (including phenoxy) is 1. The predicted octanol–water partition coefficient (Wildman–Crippen LogP) is 11.0. The third kappa shape index (κ3) is 8.08. The third-order valence-corrected chi connectivity index (χ3v) is 9.40. The molecule has 5 heteroatoms. The van der Waals surface area contributed by atoms with E-state index in [0.717, 1.165) is 63.5 Å². The molecule has 2 unspecified atom stereocenters. The fraction of sp³-hybridized carbons (Fsp3) is 0.647. The standard InChI is InChI=1S/C34H46F4O/c1-3-5-7-23-9-13-25(14-10-23)33(29-19-17-27(35)21-31(29)37)39-34(30-20-18-28(36)22-32(30)38)26-15-11-24(12-16-26)8-6-4-2/h17-26,33-34H,3-16H2,1-2H3. The molecule has 4 rings (SSSR count). The summed E-state index contributed by atoms with van der Waals surface area (Å²) in [6.45, 7) is 4.41. The quantitative estimate of drug-likeness (QED) is 0.241. The predicted molar refractivity (Wildman–Crippen MR) is 149 cm³/mol. The summed E-state index contributed by atoms with van der Waals surface area (Å²) in [5, 5.41) is 0. The average molecular weight is 547 g/mol. The van der Waals surface area contributed by atoms with Crippen LogP contribution in [0.4, 0.5) is 17.6 Å². The molecule has 0 radical (unpaired) electrons. The first kappa shape index (κ1) is 30.1. The van der Waals surface area contributed by atoms with Crippen molar-refractivity contribution in [2.24, 2.45) is 23.7 Å². The molecule has 2 aliphatic rings. The van der Waals surface area contributed by atoms with Crippen molar-refractivity contribution in [3.63, 3.8) is 0 Å². The zero-order chi connectivity index (χ0) is 27.8. The summed E-state index contributed by atoms with van der Waals surface area (Å²) in [5.74, 6) is -1.00. The van der Waals surface area contributed by atoms with Gasteiger partial charge in [-0.15, -0.1) is 0 Å². The van der Waals surface area contributed by atoms with Gasteiger partial charge in [0.25, 0.3) is 0 Å². The maximum atomic E-state index is 15.3. The third-order valence-electron chi connectivity index (χ3n) is 9.40. The number of halogens is 4. The monoisotopic (exact) mass is 546 g/mol. The summed E-state index contributed by atoms with van der Waals surface area (Å²) in [6, 6.07) is 7.41. The number of unbranched alkanes of at least 4 members (excludes halogenated alkanes) is 2. The van der Waals surface area contributed by atoms with E-state index in [1.807, 2.05) is 0 Å². The van der Waals surface area contributed by atoms with E-state index >= 15 is 8.78 Å². The van der Waals surface area contributed by atoms with Gasteiger partial charge >= 0.3 is 0 Å². The van der Waals surface area contributed by atoms with E-state index in [2.05, 4.69) is 13.8 Å². The molecule has 0 aromatic heterocycles. The zero-order valence-corrected chi connectivity index (χ0v) is 23.7. The summed E-state index contributed by atoms with van der Waals surface area (Å²) in [6.07, 6.45) is 13.9. The molecule has 0 heterocycles. The molecule has 0 saturated heterocycles. The van der Waals surface area contributed by atoms with Crippen molar-refractivity contribution in [2.75, 3.05) is 0 Å². The van der Waals surface area contributed by atoms with E-state index in [0.29, 0.717) is 23.0 Å². The van der Waals surface area contributed by atoms with Crippen LogP contribution in [0.5, 0.6) is 0 Å². The second-order valence-electron chi connectivity index (χ2n) is 12.2. The van der Waals surface area contributed by atoms with Crippen molar-refractivity contribution in [3.8, 4) is 0 Å². The summed E-state index contributed by atoms with van der Waals surface area (Å²) < 4.78 is 65.1. The van der Waals surface area contributed by atoms with Crippen LogP contribution >= 0.6 is 0 Å². The molecule has 216 valence electrons. The Bertz CT molecular complexity index is 942. The first-order valence-electron chi connectivity index (χ1n) is 15.4. The van der Waals surface area contributed by atoms with E-state index in [-0.39, 0.29) is 11.8 Å². The lowest BCUT2D eigenvalue weighted by molar-refractivity contribution is -0.0933. The minimum Gasteiger partial charge on any atom is -0.365 e. The van der Waals surface area contributed by atoms with Gasteiger partial charge in [-0.1, -0.05) is 90.2 Å². The van der Waals surface area contributed by atoms with E-state index in [9.17, 15) is 8.78 Å². The van der Waals surface area contributed by atoms with Gasteiger partial charge in [0.2, 0.25) is 0 Å². The lowest BCUT2D eigenvalue weighted by Gasteiger charge is -2.40. The molecule has 0 amide bonds. The highest BCUT2D eigenvalue weighted by Crippen LogP contribution is 2.48. The van der Waals surface area contributed by atoms with Gasteiger partial charge < -0.3 is 4.74 Å². The molecule has 2 aromatic rings. The van der Waals surface area contributed by atoms with Gasteiger partial charge in [-0.2, -0.15) is 0 Å². The molecule has 2 fully saturated rings. The highest BCUT2D eigenvalue weighted by Gasteiger charge is 2.37. The van der Waals surface area contributed by atoms with Crippen LogP contribution in [0.25, 0.3) is 0 Å². The maximum absolute atomic E-state index is 15.3. The lowest BCUT2D eigenvalue weighted by atomic mass is 9.74. The van der Waals surface area contributed by atoms with Gasteiger partial charge in [-0.05, 0) is 61.5 Å². The fourth-order valence-corrected chi connectivity index (χ4v) is 7.04. The molecule has 39 heavy (non-hydrogen) atoms. The van der Waals surface area contributed by atoms with Crippen LogP contribution in [0.2, 0.25) is 0 Å². The molecular weight excluding hydrogens is 500 g/mol. The molecular formula is C34H46F4O. The lowest BCUT2D eigenvalue weighted by Crippen LogP contribution is -2.29. The van der Waals surface area contributed by atoms with Gasteiger partial charge in [-0.3, -0.25) is 0 Å². The van der Waals surface area contributed by atoms with Gasteiger partial charge in [0.15, 0.2) is 0 Å². The molecule has 0 spiro atoms. The van der Waals surface area contributed by atoms with Crippen molar-refractivity contribution in [2.45, 2.75) is 116 Å². The van der Waals surface area contributed by atoms with Gasteiger partial charge in [0.05, 0.1) is 12.2 Å². The number of rotatable bonds is 12. The zero-order valence-electron chi connectivity index (χ0n) is 23.7. The Balaban J connectivity index is 1.62. The molecule has 2 atom stereocenters. The SMILES string of the molecule is CCCCC1CCC(C(OC(c2ccc(F)cc2F)C2CCC(CCCC)CC2)c2ccc(F)cc2F)CC1. The van der Waals surface area contributed by atoms with Crippen LogP contribution in [0.3, 0.4) is 0 Å². The first-order chi connectivity index (χ1) is 18.9. The van der Waals surface area contributed by atoms with E-state index in [4.69, 9.17) is 4.74 Å². The van der Waals surface area contributed by atoms with Crippen molar-refractivity contribution in [1.82, 2.24) is 0 Å². The van der Waals surface area contributed by atoms with Gasteiger partial charge in [0.1, 0.15) is 23.3 Å². The van der Waals surface area contributed by atoms with Crippen molar-refractivity contribution in [1.29, 1.82) is 0 Å². The van der Waals surface area contributed by atoms with Crippen LogP contribution in [-0.2, 0) is 4.74 Å². The first-order valence-corrected chi connectivity index (χ1v) is 15.4. The molecule has 2 aromatic carbocycles. The summed E-state index contributed by atoms with van der Waals surface area (Å²) >= 11 is 0. The molecule has 0 N–H and O–H groups in total. The summed E-state index contributed by atoms with van der Waals surface area (Å²) in [4.78, 5) is 0. The maximum Gasteiger partial charge on any atom is 0.131 e. The Kier molecular flexibility index (Phi) is 11.3. The number of hydrogen-bond donors (Lipinski definition) is 0. The van der Waals surface area contributed by atoms with Gasteiger partial charge in [0, 0.05) is 23.3 Å². The van der Waals surface area contributed by atoms with Crippen LogP contribution in [-0.4, -0.2) is 0 Å². The van der Waals surface area contributed by atoms with Gasteiger partial charge in [-0.25, -0.2) is 17.6 Å².